The average molecular weight is 350 g/mol. The van der Waals surface area contributed by atoms with E-state index < -0.39 is 0 Å². The second-order valence-corrected chi connectivity index (χ2v) is 6.84. The number of likely N-dealkylation sites (N-methyl/N-ethyl adjacent to an activating group) is 1. The number of carbonyl (C=O) groups is 1. The number of fused-ring (bicyclic) bond motifs is 1. The van der Waals surface area contributed by atoms with Gasteiger partial charge in [-0.05, 0) is 21.0 Å². The molecule has 0 spiro atoms. The van der Waals surface area contributed by atoms with Gasteiger partial charge in [0.1, 0.15) is 18.1 Å². The van der Waals surface area contributed by atoms with Gasteiger partial charge >= 0.3 is 0 Å². The van der Waals surface area contributed by atoms with Crippen LogP contribution in [0.4, 0.5) is 0 Å². The molecule has 0 fully saturated rings. The SMILES string of the molecule is Cc1[nH]cnc1CN(CCN(C)C)C(=O)c1scc2c1OCCO2. The molecule has 0 atom stereocenters. The van der Waals surface area contributed by atoms with E-state index in [1.165, 1.54) is 11.3 Å². The van der Waals surface area contributed by atoms with Crippen LogP contribution in [0.15, 0.2) is 11.7 Å². The maximum atomic E-state index is 13.1. The summed E-state index contributed by atoms with van der Waals surface area (Å²) in [5.41, 5.74) is 1.86. The standard InChI is InChI=1S/C16H22N4O3S/c1-11-12(18-10-17-11)8-20(5-4-19(2)3)16(21)15-14-13(9-24-15)22-6-7-23-14/h9-10H,4-8H2,1-3H3,(H,17,18). The summed E-state index contributed by atoms with van der Waals surface area (Å²) < 4.78 is 11.2. The molecule has 0 saturated heterocycles. The van der Waals surface area contributed by atoms with Crippen LogP contribution in [-0.4, -0.2) is 66.1 Å². The molecular weight excluding hydrogens is 328 g/mol. The Morgan fingerprint density at radius 3 is 2.83 bits per heavy atom. The lowest BCUT2D eigenvalue weighted by molar-refractivity contribution is 0.0726. The first kappa shape index (κ1) is 16.8. The fourth-order valence-electron chi connectivity index (χ4n) is 2.45. The summed E-state index contributed by atoms with van der Waals surface area (Å²) in [6.45, 7) is 4.82. The van der Waals surface area contributed by atoms with Crippen molar-refractivity contribution in [3.63, 3.8) is 0 Å². The van der Waals surface area contributed by atoms with Crippen molar-refractivity contribution in [2.24, 2.45) is 0 Å². The number of thiophene rings is 1. The van der Waals surface area contributed by atoms with Crippen molar-refractivity contribution in [2.45, 2.75) is 13.5 Å². The zero-order valence-electron chi connectivity index (χ0n) is 14.2. The molecule has 1 amide bonds. The van der Waals surface area contributed by atoms with Gasteiger partial charge in [-0.2, -0.15) is 0 Å². The molecule has 0 unspecified atom stereocenters. The first-order chi connectivity index (χ1) is 11.6. The van der Waals surface area contributed by atoms with Crippen molar-refractivity contribution in [2.75, 3.05) is 40.4 Å². The van der Waals surface area contributed by atoms with Crippen LogP contribution in [0.1, 0.15) is 21.1 Å². The third-order valence-corrected chi connectivity index (χ3v) is 4.80. The number of nitrogens with zero attached hydrogens (tertiary/aromatic N) is 3. The Labute approximate surface area is 145 Å². The third kappa shape index (κ3) is 3.54. The van der Waals surface area contributed by atoms with Crippen LogP contribution in [0.25, 0.3) is 0 Å². The fraction of sp³-hybridized carbons (Fsp3) is 0.500. The summed E-state index contributed by atoms with van der Waals surface area (Å²) in [6.07, 6.45) is 1.66. The number of aromatic amines is 1. The Hall–Kier alpha value is -2.06. The van der Waals surface area contributed by atoms with E-state index in [4.69, 9.17) is 9.47 Å². The Kier molecular flexibility index (Phi) is 5.06. The van der Waals surface area contributed by atoms with Crippen LogP contribution < -0.4 is 9.47 Å². The van der Waals surface area contributed by atoms with Gasteiger partial charge in [-0.15, -0.1) is 11.3 Å². The minimum Gasteiger partial charge on any atom is -0.485 e. The molecule has 1 aliphatic rings. The summed E-state index contributed by atoms with van der Waals surface area (Å²) >= 11 is 1.37. The summed E-state index contributed by atoms with van der Waals surface area (Å²) in [6, 6.07) is 0. The number of carbonyl (C=O) groups excluding carboxylic acids is 1. The molecule has 8 heteroatoms. The molecule has 3 heterocycles. The molecule has 1 N–H and O–H groups in total. The largest absolute Gasteiger partial charge is 0.485 e. The van der Waals surface area contributed by atoms with E-state index in [1.54, 1.807) is 6.33 Å². The normalized spacial score (nSPS) is 13.3. The number of H-pyrrole nitrogens is 1. The van der Waals surface area contributed by atoms with E-state index in [2.05, 4.69) is 14.9 Å². The molecule has 0 aromatic carbocycles. The average Bonchev–Trinajstić information content (AvgIpc) is 3.17. The van der Waals surface area contributed by atoms with Crippen LogP contribution in [0.2, 0.25) is 0 Å². The number of aromatic nitrogens is 2. The number of aryl methyl sites for hydroxylation is 1. The molecule has 2 aromatic heterocycles. The molecule has 3 rings (SSSR count). The second kappa shape index (κ2) is 7.23. The topological polar surface area (TPSA) is 70.7 Å². The molecule has 1 aliphatic heterocycles. The maximum absolute atomic E-state index is 13.1. The molecule has 0 aliphatic carbocycles. The first-order valence-corrected chi connectivity index (χ1v) is 8.74. The summed E-state index contributed by atoms with van der Waals surface area (Å²) in [7, 11) is 3.98. The van der Waals surface area contributed by atoms with Crippen molar-refractivity contribution >= 4 is 17.2 Å². The molecule has 0 bridgehead atoms. The first-order valence-electron chi connectivity index (χ1n) is 7.86. The highest BCUT2D eigenvalue weighted by Crippen LogP contribution is 2.40. The van der Waals surface area contributed by atoms with Gasteiger partial charge in [0.25, 0.3) is 5.91 Å². The number of ether oxygens (including phenoxy) is 2. The number of hydrogen-bond donors (Lipinski definition) is 1. The van der Waals surface area contributed by atoms with E-state index in [0.29, 0.717) is 42.7 Å². The minimum atomic E-state index is -0.0454. The van der Waals surface area contributed by atoms with E-state index >= 15 is 0 Å². The van der Waals surface area contributed by atoms with Crippen molar-refractivity contribution in [3.05, 3.63) is 28.0 Å². The molecule has 0 radical (unpaired) electrons. The summed E-state index contributed by atoms with van der Waals surface area (Å²) in [5, 5.41) is 1.84. The fourth-order valence-corrected chi connectivity index (χ4v) is 3.35. The van der Waals surface area contributed by atoms with Gasteiger partial charge in [0.15, 0.2) is 11.5 Å². The molecule has 24 heavy (non-hydrogen) atoms. The number of imidazole rings is 1. The van der Waals surface area contributed by atoms with Crippen LogP contribution >= 0.6 is 11.3 Å². The highest BCUT2D eigenvalue weighted by atomic mass is 32.1. The third-order valence-electron chi connectivity index (χ3n) is 3.87. The molecule has 130 valence electrons. The van der Waals surface area contributed by atoms with Gasteiger partial charge in [-0.25, -0.2) is 4.98 Å². The predicted molar refractivity (Wildman–Crippen MR) is 91.9 cm³/mol. The predicted octanol–water partition coefficient (Wildman–Crippen LogP) is 1.75. The lowest BCUT2D eigenvalue weighted by Gasteiger charge is -2.24. The van der Waals surface area contributed by atoms with Crippen molar-refractivity contribution in [3.8, 4) is 11.5 Å². The minimum absolute atomic E-state index is 0.0454. The Morgan fingerprint density at radius 2 is 2.12 bits per heavy atom. The number of amides is 1. The second-order valence-electron chi connectivity index (χ2n) is 5.96. The Balaban J connectivity index is 1.82. The summed E-state index contributed by atoms with van der Waals surface area (Å²) in [5.74, 6) is 1.19. The monoisotopic (exact) mass is 350 g/mol. The van der Waals surface area contributed by atoms with Crippen LogP contribution in [-0.2, 0) is 6.54 Å². The quantitative estimate of drug-likeness (QED) is 0.859. The number of nitrogens with one attached hydrogen (secondary N) is 1. The summed E-state index contributed by atoms with van der Waals surface area (Å²) in [4.78, 5) is 24.9. The lowest BCUT2D eigenvalue weighted by atomic mass is 10.2. The molecule has 7 nitrogen and oxygen atoms in total. The maximum Gasteiger partial charge on any atom is 0.268 e. The number of hydrogen-bond acceptors (Lipinski definition) is 6. The zero-order valence-corrected chi connectivity index (χ0v) is 15.0. The van der Waals surface area contributed by atoms with Crippen molar-refractivity contribution in [1.82, 2.24) is 19.8 Å². The Bertz CT molecular complexity index is 710. The zero-order chi connectivity index (χ0) is 17.1. The smallest absolute Gasteiger partial charge is 0.268 e. The van der Waals surface area contributed by atoms with Gasteiger partial charge in [0.2, 0.25) is 0 Å². The van der Waals surface area contributed by atoms with E-state index in [-0.39, 0.29) is 5.91 Å². The van der Waals surface area contributed by atoms with E-state index in [1.807, 2.05) is 31.3 Å². The lowest BCUT2D eigenvalue weighted by Crippen LogP contribution is -2.36. The van der Waals surface area contributed by atoms with Gasteiger partial charge in [-0.1, -0.05) is 0 Å². The van der Waals surface area contributed by atoms with Crippen molar-refractivity contribution < 1.29 is 14.3 Å². The molecular formula is C16H22N4O3S. The van der Waals surface area contributed by atoms with Gasteiger partial charge < -0.3 is 24.3 Å². The Morgan fingerprint density at radius 1 is 1.33 bits per heavy atom. The molecule has 2 aromatic rings. The van der Waals surface area contributed by atoms with Gasteiger partial charge in [0.05, 0.1) is 18.6 Å². The highest BCUT2D eigenvalue weighted by Gasteiger charge is 2.27. The molecule has 0 saturated carbocycles. The van der Waals surface area contributed by atoms with E-state index in [9.17, 15) is 4.79 Å². The van der Waals surface area contributed by atoms with Gasteiger partial charge in [0, 0.05) is 24.2 Å². The van der Waals surface area contributed by atoms with Crippen LogP contribution in [0.5, 0.6) is 11.5 Å². The van der Waals surface area contributed by atoms with Crippen LogP contribution in [0, 0.1) is 6.92 Å². The van der Waals surface area contributed by atoms with Crippen LogP contribution in [0.3, 0.4) is 0 Å². The van der Waals surface area contributed by atoms with Gasteiger partial charge in [-0.3, -0.25) is 4.79 Å². The number of rotatable bonds is 6. The van der Waals surface area contributed by atoms with Crippen molar-refractivity contribution in [1.29, 1.82) is 0 Å². The van der Waals surface area contributed by atoms with E-state index in [0.717, 1.165) is 17.9 Å². The highest BCUT2D eigenvalue weighted by molar-refractivity contribution is 7.12.